The van der Waals surface area contributed by atoms with E-state index in [1.54, 1.807) is 0 Å². The van der Waals surface area contributed by atoms with Gasteiger partial charge in [-0.1, -0.05) is 18.6 Å². The molecule has 1 heterocycles. The van der Waals surface area contributed by atoms with Crippen molar-refractivity contribution < 1.29 is 0 Å². The van der Waals surface area contributed by atoms with Crippen LogP contribution in [0, 0.1) is 5.41 Å². The number of para-hydroxylation sites is 1. The normalized spacial score (nSPS) is 18.1. The minimum atomic E-state index is 0.205. The zero-order valence-electron chi connectivity index (χ0n) is 12.7. The Hall–Kier alpha value is -0.930. The Morgan fingerprint density at radius 2 is 2.00 bits per heavy atom. The molecule has 2 nitrogen and oxygen atoms in total. The van der Waals surface area contributed by atoms with Crippen LogP contribution in [0.4, 0.5) is 0 Å². The number of fused-ring (bicyclic) bond motifs is 1. The lowest BCUT2D eigenvalue weighted by atomic mass is 9.66. The Balaban J connectivity index is 1.74. The molecule has 0 spiro atoms. The standard InChI is InChI=1S/C17H24N2S/c1-16(2,3)18-12-17(9-6-10-17)11-15-19-13-7-4-5-8-14(13)20-15/h4-5,7-8,18H,6,9-12H2,1-3H3. The summed E-state index contributed by atoms with van der Waals surface area (Å²) < 4.78 is 1.32. The van der Waals surface area contributed by atoms with Crippen LogP contribution in [0.2, 0.25) is 0 Å². The van der Waals surface area contributed by atoms with E-state index in [-0.39, 0.29) is 5.54 Å². The second kappa shape index (κ2) is 5.12. The highest BCUT2D eigenvalue weighted by molar-refractivity contribution is 7.18. The first-order valence-corrected chi connectivity index (χ1v) is 8.37. The Morgan fingerprint density at radius 1 is 1.25 bits per heavy atom. The van der Waals surface area contributed by atoms with Crippen molar-refractivity contribution in [2.75, 3.05) is 6.54 Å². The Kier molecular flexibility index (Phi) is 3.59. The molecular formula is C17H24N2S. The number of rotatable bonds is 4. The van der Waals surface area contributed by atoms with Crippen LogP contribution in [0.25, 0.3) is 10.2 Å². The highest BCUT2D eigenvalue weighted by atomic mass is 32.1. The molecule has 3 heteroatoms. The summed E-state index contributed by atoms with van der Waals surface area (Å²) in [6.07, 6.45) is 5.18. The van der Waals surface area contributed by atoms with Gasteiger partial charge in [0.2, 0.25) is 0 Å². The Morgan fingerprint density at radius 3 is 2.60 bits per heavy atom. The lowest BCUT2D eigenvalue weighted by Gasteiger charge is -2.43. The van der Waals surface area contributed by atoms with Crippen molar-refractivity contribution >= 4 is 21.6 Å². The van der Waals surface area contributed by atoms with Gasteiger partial charge in [0, 0.05) is 18.5 Å². The monoisotopic (exact) mass is 288 g/mol. The van der Waals surface area contributed by atoms with Crippen molar-refractivity contribution in [3.63, 3.8) is 0 Å². The molecular weight excluding hydrogens is 264 g/mol. The molecule has 20 heavy (non-hydrogen) atoms. The van der Waals surface area contributed by atoms with Crippen molar-refractivity contribution in [1.29, 1.82) is 0 Å². The van der Waals surface area contributed by atoms with E-state index in [0.717, 1.165) is 18.5 Å². The zero-order chi connectivity index (χ0) is 14.2. The largest absolute Gasteiger partial charge is 0.312 e. The van der Waals surface area contributed by atoms with Gasteiger partial charge in [-0.25, -0.2) is 4.98 Å². The van der Waals surface area contributed by atoms with Crippen molar-refractivity contribution in [3.8, 4) is 0 Å². The maximum absolute atomic E-state index is 4.81. The number of nitrogens with one attached hydrogen (secondary N) is 1. The molecule has 1 aliphatic carbocycles. The van der Waals surface area contributed by atoms with E-state index in [1.165, 1.54) is 29.0 Å². The van der Waals surface area contributed by atoms with E-state index in [0.29, 0.717) is 5.41 Å². The summed E-state index contributed by atoms with van der Waals surface area (Å²) in [6.45, 7) is 7.86. The molecule has 1 fully saturated rings. The highest BCUT2D eigenvalue weighted by Crippen LogP contribution is 2.44. The minimum absolute atomic E-state index is 0.205. The van der Waals surface area contributed by atoms with Gasteiger partial charge < -0.3 is 5.32 Å². The van der Waals surface area contributed by atoms with Gasteiger partial charge in [0.05, 0.1) is 15.2 Å². The van der Waals surface area contributed by atoms with E-state index in [1.807, 2.05) is 11.3 Å². The van der Waals surface area contributed by atoms with Crippen molar-refractivity contribution in [2.24, 2.45) is 5.41 Å². The second-order valence-corrected chi connectivity index (χ2v) is 8.32. The van der Waals surface area contributed by atoms with Gasteiger partial charge >= 0.3 is 0 Å². The van der Waals surface area contributed by atoms with E-state index < -0.39 is 0 Å². The molecule has 108 valence electrons. The highest BCUT2D eigenvalue weighted by Gasteiger charge is 2.38. The summed E-state index contributed by atoms with van der Waals surface area (Å²) in [5.74, 6) is 0. The summed E-state index contributed by atoms with van der Waals surface area (Å²) >= 11 is 1.87. The van der Waals surface area contributed by atoms with E-state index >= 15 is 0 Å². The molecule has 1 aliphatic rings. The first kappa shape index (κ1) is 14.0. The summed E-state index contributed by atoms with van der Waals surface area (Å²) in [5.41, 5.74) is 1.81. The van der Waals surface area contributed by atoms with Crippen LogP contribution in [0.15, 0.2) is 24.3 Å². The van der Waals surface area contributed by atoms with Gasteiger partial charge in [-0.3, -0.25) is 0 Å². The minimum Gasteiger partial charge on any atom is -0.312 e. The lowest BCUT2D eigenvalue weighted by Crippen LogP contribution is -2.47. The Bertz CT molecular complexity index is 557. The molecule has 0 bridgehead atoms. The molecule has 3 rings (SSSR count). The fraction of sp³-hybridized carbons (Fsp3) is 0.588. The van der Waals surface area contributed by atoms with Crippen LogP contribution in [0.1, 0.15) is 45.0 Å². The van der Waals surface area contributed by atoms with Gasteiger partial charge in [0.15, 0.2) is 0 Å². The van der Waals surface area contributed by atoms with Crippen LogP contribution in [-0.2, 0) is 6.42 Å². The molecule has 0 amide bonds. The fourth-order valence-electron chi connectivity index (χ4n) is 2.86. The maximum atomic E-state index is 4.81. The molecule has 1 aromatic carbocycles. The molecule has 0 radical (unpaired) electrons. The summed E-state index contributed by atoms with van der Waals surface area (Å²) in [5, 5.41) is 5.00. The first-order chi connectivity index (χ1) is 9.46. The molecule has 1 saturated carbocycles. The van der Waals surface area contributed by atoms with E-state index in [4.69, 9.17) is 4.98 Å². The van der Waals surface area contributed by atoms with Gasteiger partial charge in [0.25, 0.3) is 0 Å². The van der Waals surface area contributed by atoms with Crippen LogP contribution >= 0.6 is 11.3 Å². The topological polar surface area (TPSA) is 24.9 Å². The van der Waals surface area contributed by atoms with Gasteiger partial charge in [-0.05, 0) is 51.2 Å². The van der Waals surface area contributed by atoms with Gasteiger partial charge in [-0.15, -0.1) is 11.3 Å². The SMILES string of the molecule is CC(C)(C)NCC1(Cc2nc3ccccc3s2)CCC1. The van der Waals surface area contributed by atoms with E-state index in [9.17, 15) is 0 Å². The van der Waals surface area contributed by atoms with Crippen molar-refractivity contribution in [3.05, 3.63) is 29.3 Å². The van der Waals surface area contributed by atoms with Crippen molar-refractivity contribution in [2.45, 2.75) is 52.0 Å². The predicted molar refractivity (Wildman–Crippen MR) is 87.4 cm³/mol. The van der Waals surface area contributed by atoms with Crippen LogP contribution in [0.5, 0.6) is 0 Å². The second-order valence-electron chi connectivity index (χ2n) is 7.21. The third kappa shape index (κ3) is 3.04. The van der Waals surface area contributed by atoms with Crippen LogP contribution < -0.4 is 5.32 Å². The number of benzene rings is 1. The number of nitrogens with zero attached hydrogens (tertiary/aromatic N) is 1. The zero-order valence-corrected chi connectivity index (χ0v) is 13.5. The molecule has 0 saturated heterocycles. The average molecular weight is 288 g/mol. The lowest BCUT2D eigenvalue weighted by molar-refractivity contribution is 0.118. The number of thiazole rings is 1. The van der Waals surface area contributed by atoms with Gasteiger partial charge in [-0.2, -0.15) is 0 Å². The molecule has 0 aliphatic heterocycles. The maximum Gasteiger partial charge on any atom is 0.0944 e. The third-order valence-corrected chi connectivity index (χ3v) is 5.31. The molecule has 0 atom stereocenters. The molecule has 0 unspecified atom stereocenters. The molecule has 1 N–H and O–H groups in total. The van der Waals surface area contributed by atoms with E-state index in [2.05, 4.69) is 50.4 Å². The smallest absolute Gasteiger partial charge is 0.0944 e. The number of hydrogen-bond donors (Lipinski definition) is 1. The molecule has 1 aromatic heterocycles. The third-order valence-electron chi connectivity index (χ3n) is 4.27. The number of hydrogen-bond acceptors (Lipinski definition) is 3. The summed E-state index contributed by atoms with van der Waals surface area (Å²) in [7, 11) is 0. The predicted octanol–water partition coefficient (Wildman–Crippen LogP) is 4.40. The number of aromatic nitrogens is 1. The van der Waals surface area contributed by atoms with Crippen molar-refractivity contribution in [1.82, 2.24) is 10.3 Å². The van der Waals surface area contributed by atoms with Crippen LogP contribution in [-0.4, -0.2) is 17.1 Å². The first-order valence-electron chi connectivity index (χ1n) is 7.55. The molecule has 2 aromatic rings. The summed E-state index contributed by atoms with van der Waals surface area (Å²) in [4.78, 5) is 4.81. The van der Waals surface area contributed by atoms with Gasteiger partial charge in [0.1, 0.15) is 0 Å². The summed E-state index contributed by atoms with van der Waals surface area (Å²) in [6, 6.07) is 8.48. The fourth-order valence-corrected chi connectivity index (χ4v) is 4.00. The van der Waals surface area contributed by atoms with Crippen LogP contribution in [0.3, 0.4) is 0 Å². The Labute approximate surface area is 125 Å². The quantitative estimate of drug-likeness (QED) is 0.902. The average Bonchev–Trinajstić information content (AvgIpc) is 2.73.